The molecule has 0 N–H and O–H groups in total. The molecule has 5 heteroatoms. The number of hydrogen-bond acceptors (Lipinski definition) is 2. The van der Waals surface area contributed by atoms with Crippen LogP contribution >= 0.6 is 0 Å². The van der Waals surface area contributed by atoms with Crippen LogP contribution in [-0.2, 0) is 9.53 Å². The number of hydrogen-bond donors (Lipinski definition) is 0. The van der Waals surface area contributed by atoms with Crippen LogP contribution in [0.4, 0.5) is 13.2 Å². The van der Waals surface area contributed by atoms with Gasteiger partial charge in [-0.05, 0) is 56.3 Å². The fourth-order valence-corrected chi connectivity index (χ4v) is 3.87. The van der Waals surface area contributed by atoms with Crippen molar-refractivity contribution in [3.05, 3.63) is 0 Å². The average Bonchev–Trinajstić information content (AvgIpc) is 2.89. The van der Waals surface area contributed by atoms with Crippen LogP contribution in [0.2, 0.25) is 0 Å². The zero-order valence-electron chi connectivity index (χ0n) is 16.9. The van der Waals surface area contributed by atoms with Gasteiger partial charge < -0.3 is 4.74 Å². The summed E-state index contributed by atoms with van der Waals surface area (Å²) >= 11 is 0. The van der Waals surface area contributed by atoms with Gasteiger partial charge in [0.25, 0.3) is 0 Å². The summed E-state index contributed by atoms with van der Waals surface area (Å²) in [7, 11) is 0. The van der Waals surface area contributed by atoms with Gasteiger partial charge in [0.2, 0.25) is 0 Å². The van der Waals surface area contributed by atoms with Crippen LogP contribution in [0, 0.1) is 16.2 Å². The lowest BCUT2D eigenvalue weighted by Gasteiger charge is -2.49. The maximum absolute atomic E-state index is 14.5. The molecule has 0 aromatic rings. The summed E-state index contributed by atoms with van der Waals surface area (Å²) in [6.45, 7) is 12.0. The van der Waals surface area contributed by atoms with Crippen LogP contribution in [-0.4, -0.2) is 17.7 Å². The van der Waals surface area contributed by atoms with Gasteiger partial charge in [0.1, 0.15) is 5.60 Å². The number of esters is 1. The van der Waals surface area contributed by atoms with E-state index in [1.807, 2.05) is 6.92 Å². The lowest BCUT2D eigenvalue weighted by Crippen LogP contribution is -2.58. The monoisotopic (exact) mass is 364 g/mol. The van der Waals surface area contributed by atoms with E-state index in [1.54, 1.807) is 41.5 Å². The Labute approximate surface area is 150 Å². The van der Waals surface area contributed by atoms with Gasteiger partial charge in [0.05, 0.1) is 0 Å². The number of rotatable bonds is 7. The van der Waals surface area contributed by atoms with E-state index in [1.165, 1.54) is 0 Å². The molecule has 0 saturated heterocycles. The summed E-state index contributed by atoms with van der Waals surface area (Å²) in [5.41, 5.74) is -5.13. The van der Waals surface area contributed by atoms with Gasteiger partial charge in [0, 0.05) is 0 Å². The highest BCUT2D eigenvalue weighted by Crippen LogP contribution is 2.59. The van der Waals surface area contributed by atoms with E-state index in [0.29, 0.717) is 19.3 Å². The fourth-order valence-electron chi connectivity index (χ4n) is 3.87. The van der Waals surface area contributed by atoms with Crippen molar-refractivity contribution < 1.29 is 22.7 Å². The van der Waals surface area contributed by atoms with Gasteiger partial charge in [-0.2, -0.15) is 13.2 Å². The van der Waals surface area contributed by atoms with Crippen molar-refractivity contribution in [1.82, 2.24) is 0 Å². The molecular formula is C20H35F3O2. The van der Waals surface area contributed by atoms with Crippen LogP contribution in [0.15, 0.2) is 0 Å². The molecule has 0 heterocycles. The van der Waals surface area contributed by atoms with Crippen molar-refractivity contribution in [3.8, 4) is 0 Å². The van der Waals surface area contributed by atoms with Crippen molar-refractivity contribution in [1.29, 1.82) is 0 Å². The SMILES string of the molecule is CCC(C)(C)CC(C(=O)OC1(C)CCCC1)(C(F)(F)F)C(C)(C)CC. The maximum atomic E-state index is 14.5. The summed E-state index contributed by atoms with van der Waals surface area (Å²) in [5, 5.41) is 0. The Morgan fingerprint density at radius 3 is 1.84 bits per heavy atom. The number of carbonyl (C=O) groups excluding carboxylic acids is 1. The Balaban J connectivity index is 3.45. The zero-order chi connectivity index (χ0) is 19.7. The number of halogens is 3. The third-order valence-corrected chi connectivity index (χ3v) is 6.57. The second-order valence-electron chi connectivity index (χ2n) is 9.38. The van der Waals surface area contributed by atoms with Gasteiger partial charge in [-0.1, -0.05) is 48.0 Å². The second-order valence-corrected chi connectivity index (χ2v) is 9.38. The molecule has 0 spiro atoms. The topological polar surface area (TPSA) is 26.3 Å². The summed E-state index contributed by atoms with van der Waals surface area (Å²) in [5.74, 6) is -1.09. The first-order chi connectivity index (χ1) is 11.2. The highest BCUT2D eigenvalue weighted by molar-refractivity contribution is 5.79. The molecule has 1 aliphatic rings. The van der Waals surface area contributed by atoms with E-state index in [0.717, 1.165) is 12.8 Å². The Hall–Kier alpha value is -0.740. The van der Waals surface area contributed by atoms with E-state index >= 15 is 0 Å². The lowest BCUT2D eigenvalue weighted by atomic mass is 9.57. The number of alkyl halides is 3. The Bertz CT molecular complexity index is 474. The summed E-state index contributed by atoms with van der Waals surface area (Å²) in [6.07, 6.45) is -1.05. The Morgan fingerprint density at radius 1 is 1.00 bits per heavy atom. The van der Waals surface area contributed by atoms with Crippen LogP contribution in [0.1, 0.15) is 93.4 Å². The maximum Gasteiger partial charge on any atom is 0.405 e. The first-order valence-electron chi connectivity index (χ1n) is 9.46. The highest BCUT2D eigenvalue weighted by Gasteiger charge is 2.69. The molecule has 148 valence electrons. The normalized spacial score (nSPS) is 21.0. The Morgan fingerprint density at radius 2 is 1.48 bits per heavy atom. The molecular weight excluding hydrogens is 329 g/mol. The van der Waals surface area contributed by atoms with Crippen molar-refractivity contribution in [3.63, 3.8) is 0 Å². The molecule has 1 atom stereocenters. The van der Waals surface area contributed by atoms with Crippen LogP contribution < -0.4 is 0 Å². The van der Waals surface area contributed by atoms with E-state index in [2.05, 4.69) is 0 Å². The van der Waals surface area contributed by atoms with Gasteiger partial charge in [0.15, 0.2) is 5.41 Å². The summed E-state index contributed by atoms with van der Waals surface area (Å²) in [6, 6.07) is 0. The fraction of sp³-hybridized carbons (Fsp3) is 0.950. The molecule has 1 unspecified atom stereocenters. The predicted octanol–water partition coefficient (Wildman–Crippen LogP) is 6.67. The molecule has 25 heavy (non-hydrogen) atoms. The summed E-state index contributed by atoms with van der Waals surface area (Å²) < 4.78 is 49.0. The largest absolute Gasteiger partial charge is 0.459 e. The third-order valence-electron chi connectivity index (χ3n) is 6.57. The molecule has 2 nitrogen and oxygen atoms in total. The van der Waals surface area contributed by atoms with Gasteiger partial charge in [-0.25, -0.2) is 0 Å². The van der Waals surface area contributed by atoms with E-state index in [-0.39, 0.29) is 12.8 Å². The Kier molecular flexibility index (Phi) is 6.34. The molecule has 0 radical (unpaired) electrons. The molecule has 0 bridgehead atoms. The van der Waals surface area contributed by atoms with Crippen LogP contribution in [0.3, 0.4) is 0 Å². The average molecular weight is 364 g/mol. The van der Waals surface area contributed by atoms with Gasteiger partial charge in [-0.3, -0.25) is 4.79 Å². The zero-order valence-corrected chi connectivity index (χ0v) is 16.9. The van der Waals surface area contributed by atoms with E-state index < -0.39 is 34.0 Å². The molecule has 0 aromatic heterocycles. The first kappa shape index (κ1) is 22.3. The molecule has 0 aliphatic heterocycles. The molecule has 1 saturated carbocycles. The lowest BCUT2D eigenvalue weighted by molar-refractivity contribution is -0.277. The molecule has 0 amide bonds. The highest BCUT2D eigenvalue weighted by atomic mass is 19.4. The summed E-state index contributed by atoms with van der Waals surface area (Å²) in [4.78, 5) is 13.1. The first-order valence-corrected chi connectivity index (χ1v) is 9.46. The number of ether oxygens (including phenoxy) is 1. The number of carbonyl (C=O) groups is 1. The third kappa shape index (κ3) is 4.33. The molecule has 1 aliphatic carbocycles. The van der Waals surface area contributed by atoms with Crippen LogP contribution in [0.25, 0.3) is 0 Å². The second kappa shape index (κ2) is 7.11. The molecule has 1 fully saturated rings. The minimum absolute atomic E-state index is 0.248. The standard InChI is InChI=1S/C20H35F3O2/c1-8-16(3,4)14-19(20(21,22)23,17(5,6)9-2)15(24)25-18(7)12-10-11-13-18/h8-14H2,1-7H3. The van der Waals surface area contributed by atoms with Crippen molar-refractivity contribution >= 4 is 5.97 Å². The van der Waals surface area contributed by atoms with Crippen molar-refractivity contribution in [2.24, 2.45) is 16.2 Å². The van der Waals surface area contributed by atoms with E-state index in [9.17, 15) is 18.0 Å². The van der Waals surface area contributed by atoms with Crippen molar-refractivity contribution in [2.45, 2.75) is 105 Å². The minimum atomic E-state index is -4.66. The van der Waals surface area contributed by atoms with Gasteiger partial charge in [-0.15, -0.1) is 0 Å². The van der Waals surface area contributed by atoms with E-state index in [4.69, 9.17) is 4.74 Å². The van der Waals surface area contributed by atoms with Crippen LogP contribution in [0.5, 0.6) is 0 Å². The molecule has 1 rings (SSSR count). The molecule has 0 aromatic carbocycles. The smallest absolute Gasteiger partial charge is 0.405 e. The van der Waals surface area contributed by atoms with Gasteiger partial charge >= 0.3 is 12.1 Å². The minimum Gasteiger partial charge on any atom is -0.459 e. The quantitative estimate of drug-likeness (QED) is 0.471. The van der Waals surface area contributed by atoms with Crippen molar-refractivity contribution in [2.75, 3.05) is 0 Å². The predicted molar refractivity (Wildman–Crippen MR) is 94.2 cm³/mol.